The first-order valence-electron chi connectivity index (χ1n) is 6.37. The molecule has 8 heteroatoms. The fraction of sp³-hybridized carbons (Fsp3) is 0.500. The lowest BCUT2D eigenvalue weighted by Gasteiger charge is -2.04. The molecule has 7 nitrogen and oxygen atoms in total. The minimum Gasteiger partial charge on any atom is -0.481 e. The lowest BCUT2D eigenvalue weighted by atomic mass is 10.3. The van der Waals surface area contributed by atoms with Crippen LogP contribution in [0.1, 0.15) is 19.5 Å². The molecule has 2 heterocycles. The van der Waals surface area contributed by atoms with Crippen molar-refractivity contribution in [2.75, 3.05) is 5.75 Å². The summed E-state index contributed by atoms with van der Waals surface area (Å²) in [5.74, 6) is -0.197. The van der Waals surface area contributed by atoms with E-state index in [2.05, 4.69) is 22.2 Å². The van der Waals surface area contributed by atoms with Gasteiger partial charge in [-0.15, -0.1) is 10.2 Å². The van der Waals surface area contributed by atoms with Crippen molar-refractivity contribution >= 4 is 17.7 Å². The molecule has 0 saturated carbocycles. The average molecular weight is 295 g/mol. The van der Waals surface area contributed by atoms with Crippen molar-refractivity contribution in [3.8, 4) is 11.5 Å². The summed E-state index contributed by atoms with van der Waals surface area (Å²) in [6.45, 7) is 4.82. The molecule has 0 bridgehead atoms. The number of nitrogens with zero attached hydrogens (tertiary/aromatic N) is 5. The van der Waals surface area contributed by atoms with E-state index in [0.717, 1.165) is 36.1 Å². The second-order valence-electron chi connectivity index (χ2n) is 4.24. The molecule has 0 amide bonds. The quantitative estimate of drug-likeness (QED) is 0.812. The Morgan fingerprint density at radius 2 is 2.15 bits per heavy atom. The minimum atomic E-state index is -0.869. The largest absolute Gasteiger partial charge is 0.481 e. The summed E-state index contributed by atoms with van der Waals surface area (Å²) in [5, 5.41) is 22.0. The molecule has 0 atom stereocenters. The number of carbonyl (C=O) groups is 1. The van der Waals surface area contributed by atoms with Crippen molar-refractivity contribution in [3.63, 3.8) is 0 Å². The van der Waals surface area contributed by atoms with Crippen LogP contribution in [0, 0.1) is 0 Å². The molecule has 0 aromatic carbocycles. The Hall–Kier alpha value is -1.83. The van der Waals surface area contributed by atoms with Gasteiger partial charge in [-0.05, 0) is 19.4 Å². The van der Waals surface area contributed by atoms with E-state index < -0.39 is 5.97 Å². The van der Waals surface area contributed by atoms with Crippen LogP contribution in [0.2, 0.25) is 0 Å². The van der Waals surface area contributed by atoms with E-state index >= 15 is 0 Å². The molecule has 1 N–H and O–H groups in total. The molecule has 0 saturated heterocycles. The van der Waals surface area contributed by atoms with Crippen molar-refractivity contribution in [2.45, 2.75) is 32.0 Å². The van der Waals surface area contributed by atoms with Gasteiger partial charge in [0.05, 0.1) is 11.4 Å². The summed E-state index contributed by atoms with van der Waals surface area (Å²) in [5.41, 5.74) is 1.91. The fourth-order valence-electron chi connectivity index (χ4n) is 1.85. The Morgan fingerprint density at radius 3 is 2.75 bits per heavy atom. The Labute approximate surface area is 121 Å². The Morgan fingerprint density at radius 1 is 1.40 bits per heavy atom. The summed E-state index contributed by atoms with van der Waals surface area (Å²) in [6.07, 6.45) is 0.860. The summed E-state index contributed by atoms with van der Waals surface area (Å²) in [6, 6.07) is 2.00. The lowest BCUT2D eigenvalue weighted by molar-refractivity contribution is -0.133. The maximum absolute atomic E-state index is 10.6. The van der Waals surface area contributed by atoms with Gasteiger partial charge < -0.3 is 9.67 Å². The summed E-state index contributed by atoms with van der Waals surface area (Å²) < 4.78 is 3.69. The van der Waals surface area contributed by atoms with E-state index in [4.69, 9.17) is 5.11 Å². The molecule has 0 spiro atoms. The fourth-order valence-corrected chi connectivity index (χ4v) is 2.49. The third-order valence-electron chi connectivity index (χ3n) is 2.88. The molecule has 2 rings (SSSR count). The van der Waals surface area contributed by atoms with Gasteiger partial charge in [0.2, 0.25) is 0 Å². The highest BCUT2D eigenvalue weighted by atomic mass is 32.2. The number of aliphatic carboxylic acids is 1. The van der Waals surface area contributed by atoms with Crippen molar-refractivity contribution in [1.29, 1.82) is 0 Å². The molecular weight excluding hydrogens is 278 g/mol. The second-order valence-corrected chi connectivity index (χ2v) is 5.18. The summed E-state index contributed by atoms with van der Waals surface area (Å²) in [4.78, 5) is 10.6. The van der Waals surface area contributed by atoms with Crippen molar-refractivity contribution < 1.29 is 9.90 Å². The van der Waals surface area contributed by atoms with Gasteiger partial charge >= 0.3 is 5.97 Å². The Kier molecular flexibility index (Phi) is 4.43. The second kappa shape index (κ2) is 6.08. The zero-order valence-electron chi connectivity index (χ0n) is 11.7. The highest BCUT2D eigenvalue weighted by molar-refractivity contribution is 7.99. The first-order valence-corrected chi connectivity index (χ1v) is 7.36. The first-order chi connectivity index (χ1) is 9.56. The van der Waals surface area contributed by atoms with Crippen LogP contribution in [-0.2, 0) is 24.8 Å². The molecule has 0 aliphatic heterocycles. The number of aryl methyl sites for hydroxylation is 2. The molecule has 0 unspecified atom stereocenters. The van der Waals surface area contributed by atoms with E-state index in [0.29, 0.717) is 11.0 Å². The lowest BCUT2D eigenvalue weighted by Crippen LogP contribution is -2.04. The molecular formula is C12H17N5O2S. The van der Waals surface area contributed by atoms with Gasteiger partial charge in [0.25, 0.3) is 0 Å². The number of hydrogen-bond acceptors (Lipinski definition) is 5. The number of aromatic nitrogens is 5. The number of hydrogen-bond donors (Lipinski definition) is 1. The van der Waals surface area contributed by atoms with Gasteiger partial charge in [0.1, 0.15) is 5.69 Å². The Balaban J connectivity index is 2.33. The predicted octanol–water partition coefficient (Wildman–Crippen LogP) is 1.44. The van der Waals surface area contributed by atoms with E-state index in [1.807, 2.05) is 24.7 Å². The van der Waals surface area contributed by atoms with Crippen LogP contribution in [-0.4, -0.2) is 41.4 Å². The molecule has 2 aromatic rings. The monoisotopic (exact) mass is 295 g/mol. The molecule has 0 fully saturated rings. The highest BCUT2D eigenvalue weighted by Crippen LogP contribution is 2.23. The SMILES string of the molecule is CCc1cc(-c2nnc(SCC(=O)O)n2C)n(CC)n1. The van der Waals surface area contributed by atoms with Crippen molar-refractivity contribution in [3.05, 3.63) is 11.8 Å². The van der Waals surface area contributed by atoms with Crippen molar-refractivity contribution in [2.24, 2.45) is 7.05 Å². The molecule has 0 aliphatic rings. The maximum Gasteiger partial charge on any atom is 0.313 e. The minimum absolute atomic E-state index is 0.0285. The zero-order valence-corrected chi connectivity index (χ0v) is 12.5. The normalized spacial score (nSPS) is 10.9. The van der Waals surface area contributed by atoms with Crippen LogP contribution in [0.3, 0.4) is 0 Å². The third kappa shape index (κ3) is 2.84. The molecule has 2 aromatic heterocycles. The molecule has 108 valence electrons. The first kappa shape index (κ1) is 14.6. The number of carboxylic acids is 1. The van der Waals surface area contributed by atoms with Gasteiger partial charge in [-0.25, -0.2) is 0 Å². The highest BCUT2D eigenvalue weighted by Gasteiger charge is 2.17. The summed E-state index contributed by atoms with van der Waals surface area (Å²) >= 11 is 1.16. The van der Waals surface area contributed by atoms with Crippen LogP contribution < -0.4 is 0 Å². The molecule has 0 aliphatic carbocycles. The zero-order chi connectivity index (χ0) is 14.7. The predicted molar refractivity (Wildman–Crippen MR) is 75.6 cm³/mol. The number of thioether (sulfide) groups is 1. The van der Waals surface area contributed by atoms with Gasteiger partial charge in [-0.2, -0.15) is 5.10 Å². The van der Waals surface area contributed by atoms with E-state index in [1.54, 1.807) is 4.57 Å². The topological polar surface area (TPSA) is 85.8 Å². The molecule has 20 heavy (non-hydrogen) atoms. The van der Waals surface area contributed by atoms with E-state index in [-0.39, 0.29) is 5.75 Å². The maximum atomic E-state index is 10.6. The average Bonchev–Trinajstić information content (AvgIpc) is 2.99. The van der Waals surface area contributed by atoms with Gasteiger partial charge in [0, 0.05) is 13.6 Å². The van der Waals surface area contributed by atoms with E-state index in [1.165, 1.54) is 0 Å². The smallest absolute Gasteiger partial charge is 0.313 e. The molecule has 0 radical (unpaired) electrons. The van der Waals surface area contributed by atoms with Crippen molar-refractivity contribution in [1.82, 2.24) is 24.5 Å². The van der Waals surface area contributed by atoms with Crippen LogP contribution in [0.5, 0.6) is 0 Å². The third-order valence-corrected chi connectivity index (χ3v) is 3.89. The van der Waals surface area contributed by atoms with Crippen LogP contribution in [0.15, 0.2) is 11.2 Å². The van der Waals surface area contributed by atoms with Gasteiger partial charge in [-0.3, -0.25) is 9.48 Å². The standard InChI is InChI=1S/C12H17N5O2S/c1-4-8-6-9(17(5-2)15-8)11-13-14-12(16(11)3)20-7-10(18)19/h6H,4-5,7H2,1-3H3,(H,18,19). The van der Waals surface area contributed by atoms with Crippen LogP contribution in [0.25, 0.3) is 11.5 Å². The Bertz CT molecular complexity index is 619. The van der Waals surface area contributed by atoms with Gasteiger partial charge in [0.15, 0.2) is 11.0 Å². The number of carboxylic acid groups (broad SMARTS) is 1. The van der Waals surface area contributed by atoms with Crippen LogP contribution >= 0.6 is 11.8 Å². The summed E-state index contributed by atoms with van der Waals surface area (Å²) in [7, 11) is 1.83. The van der Waals surface area contributed by atoms with E-state index in [9.17, 15) is 4.79 Å². The van der Waals surface area contributed by atoms with Crippen LogP contribution in [0.4, 0.5) is 0 Å². The van der Waals surface area contributed by atoms with Gasteiger partial charge in [-0.1, -0.05) is 18.7 Å². The number of rotatable bonds is 6.